The van der Waals surface area contributed by atoms with Crippen molar-refractivity contribution >= 4 is 71.1 Å². The average molecular weight is 699 g/mol. The molecule has 1 aliphatic carbocycles. The summed E-state index contributed by atoms with van der Waals surface area (Å²) in [6, 6.07) is 58.2. The Kier molecular flexibility index (Phi) is 7.63. The molecule has 0 N–H and O–H groups in total. The number of aromatic nitrogens is 2. The summed E-state index contributed by atoms with van der Waals surface area (Å²) in [6.45, 7) is 4.00. The van der Waals surface area contributed by atoms with E-state index >= 15 is 0 Å². The molecule has 0 atom stereocenters. The molecule has 3 heterocycles. The molecule has 0 aliphatic heterocycles. The summed E-state index contributed by atoms with van der Waals surface area (Å²) in [5.74, 6) is 0. The van der Waals surface area contributed by atoms with Crippen LogP contribution in [-0.2, 0) is 6.42 Å². The second kappa shape index (κ2) is 12.8. The molecule has 0 fully saturated rings. The minimum absolute atomic E-state index is 1.14. The molecule has 0 unspecified atom stereocenters. The zero-order valence-corrected chi connectivity index (χ0v) is 30.7. The molecule has 0 saturated heterocycles. The fourth-order valence-electron chi connectivity index (χ4n) is 8.37. The third-order valence-electron chi connectivity index (χ3n) is 10.8. The summed E-state index contributed by atoms with van der Waals surface area (Å²) >= 11 is 1.95. The van der Waals surface area contributed by atoms with E-state index in [1.807, 2.05) is 25.2 Å². The molecule has 0 radical (unpaired) electrons. The van der Waals surface area contributed by atoms with Gasteiger partial charge in [-0.05, 0) is 101 Å². The number of hydrogen-bond donors (Lipinski definition) is 0. The van der Waals surface area contributed by atoms with Crippen molar-refractivity contribution in [3.8, 4) is 33.6 Å². The largest absolute Gasteiger partial charge is 0.309 e. The molecule has 0 saturated carbocycles. The Morgan fingerprint density at radius 2 is 1.02 bits per heavy atom. The molecule has 3 heteroatoms. The van der Waals surface area contributed by atoms with Crippen LogP contribution in [0.5, 0.6) is 0 Å². The molecule has 0 spiro atoms. The Morgan fingerprint density at radius 3 is 1.81 bits per heavy atom. The lowest BCUT2D eigenvalue weighted by Gasteiger charge is -2.11. The molecule has 254 valence electrons. The van der Waals surface area contributed by atoms with E-state index in [4.69, 9.17) is 0 Å². The molecule has 11 rings (SSSR count). The van der Waals surface area contributed by atoms with Crippen molar-refractivity contribution in [1.29, 1.82) is 0 Å². The predicted molar refractivity (Wildman–Crippen MR) is 230 cm³/mol. The molecular formula is C50H38N2S. The number of allylic oxidation sites excluding steroid dienone is 1. The van der Waals surface area contributed by atoms with Gasteiger partial charge in [-0.3, -0.25) is 0 Å². The molecule has 3 aromatic heterocycles. The van der Waals surface area contributed by atoms with Gasteiger partial charge in [0.25, 0.3) is 0 Å². The SMILES string of the molecule is C1=Cc2c(sc3ccc(-n4c5ccccc5c5ccc(-c6ccc7c(c6)c6ccccc6n7-c6ccc(-c7ccccc7)cc6)cc54)cc23)CC1.CC. The lowest BCUT2D eigenvalue weighted by atomic mass is 10.0. The first kappa shape index (κ1) is 31.6. The zero-order chi connectivity index (χ0) is 35.5. The Balaban J connectivity index is 0.00000172. The Morgan fingerprint density at radius 1 is 0.434 bits per heavy atom. The molecule has 0 bridgehead atoms. The highest BCUT2D eigenvalue weighted by atomic mass is 32.1. The number of nitrogens with zero attached hydrogens (tertiary/aromatic N) is 2. The van der Waals surface area contributed by atoms with Gasteiger partial charge >= 0.3 is 0 Å². The van der Waals surface area contributed by atoms with Crippen molar-refractivity contribution in [3.63, 3.8) is 0 Å². The third-order valence-corrected chi connectivity index (χ3v) is 12.0. The number of aryl methyl sites for hydroxylation is 1. The van der Waals surface area contributed by atoms with Crippen molar-refractivity contribution in [2.75, 3.05) is 0 Å². The number of para-hydroxylation sites is 2. The summed E-state index contributed by atoms with van der Waals surface area (Å²) in [5, 5.41) is 6.44. The van der Waals surface area contributed by atoms with Gasteiger partial charge < -0.3 is 9.13 Å². The summed E-state index contributed by atoms with van der Waals surface area (Å²) in [4.78, 5) is 1.51. The van der Waals surface area contributed by atoms with Crippen molar-refractivity contribution in [1.82, 2.24) is 9.13 Å². The lowest BCUT2D eigenvalue weighted by Crippen LogP contribution is -1.94. The van der Waals surface area contributed by atoms with Crippen LogP contribution < -0.4 is 0 Å². The molecule has 0 amide bonds. The van der Waals surface area contributed by atoms with E-state index in [1.165, 1.54) is 97.8 Å². The smallest absolute Gasteiger partial charge is 0.0547 e. The van der Waals surface area contributed by atoms with Gasteiger partial charge in [0.1, 0.15) is 0 Å². The Bertz CT molecular complexity index is 3010. The van der Waals surface area contributed by atoms with Gasteiger partial charge in [0.2, 0.25) is 0 Å². The van der Waals surface area contributed by atoms with E-state index in [0.29, 0.717) is 0 Å². The van der Waals surface area contributed by atoms with Crippen molar-refractivity contribution < 1.29 is 0 Å². The van der Waals surface area contributed by atoms with E-state index in [-0.39, 0.29) is 0 Å². The highest BCUT2D eigenvalue weighted by Gasteiger charge is 2.18. The third kappa shape index (κ3) is 5.07. The monoisotopic (exact) mass is 698 g/mol. The molecule has 2 nitrogen and oxygen atoms in total. The summed E-state index contributed by atoms with van der Waals surface area (Å²) < 4.78 is 6.24. The summed E-state index contributed by atoms with van der Waals surface area (Å²) in [7, 11) is 0. The first-order valence-corrected chi connectivity index (χ1v) is 19.6. The number of hydrogen-bond acceptors (Lipinski definition) is 1. The maximum absolute atomic E-state index is 2.47. The Hall–Kier alpha value is -6.16. The highest BCUT2D eigenvalue weighted by Crippen LogP contribution is 2.41. The number of thiophene rings is 1. The van der Waals surface area contributed by atoms with Crippen molar-refractivity contribution in [2.24, 2.45) is 0 Å². The summed E-state index contributed by atoms with van der Waals surface area (Å²) in [5.41, 5.74) is 13.6. The van der Waals surface area contributed by atoms with Crippen LogP contribution in [0.2, 0.25) is 0 Å². The second-order valence-electron chi connectivity index (χ2n) is 13.6. The van der Waals surface area contributed by atoms with Crippen LogP contribution in [0.3, 0.4) is 0 Å². The van der Waals surface area contributed by atoms with Crippen LogP contribution >= 0.6 is 11.3 Å². The van der Waals surface area contributed by atoms with Crippen LogP contribution in [0.1, 0.15) is 30.7 Å². The maximum atomic E-state index is 2.47. The molecular weight excluding hydrogens is 661 g/mol. The quantitative estimate of drug-likeness (QED) is 0.173. The standard InChI is InChI=1S/C48H32N2S.C2H6/c1-2-10-31(11-3-1)32-18-22-35(23-19-32)49-44-16-8-5-13-38(44)41-28-33(21-26-45(41)49)34-20-25-39-37-12-4-7-15-43(37)50(46(39)29-34)36-24-27-48-42(30-36)40-14-6-9-17-47(40)51-48;1-2/h1-8,10-16,18-30H,9,17H2;1-2H3. The normalized spacial score (nSPS) is 12.5. The number of fused-ring (bicyclic) bond motifs is 9. The predicted octanol–water partition coefficient (Wildman–Crippen LogP) is 14.4. The molecule has 10 aromatic rings. The fourth-order valence-corrected chi connectivity index (χ4v) is 9.56. The number of benzene rings is 7. The molecule has 7 aromatic carbocycles. The Labute approximate surface area is 313 Å². The van der Waals surface area contributed by atoms with Gasteiger partial charge in [0, 0.05) is 47.9 Å². The first-order valence-electron chi connectivity index (χ1n) is 18.7. The van der Waals surface area contributed by atoms with Crippen LogP contribution in [0.4, 0.5) is 0 Å². The van der Waals surface area contributed by atoms with Crippen LogP contribution in [-0.4, -0.2) is 9.13 Å². The lowest BCUT2D eigenvalue weighted by molar-refractivity contribution is 1.02. The second-order valence-corrected chi connectivity index (χ2v) is 14.8. The van der Waals surface area contributed by atoms with Crippen LogP contribution in [0, 0.1) is 0 Å². The van der Waals surface area contributed by atoms with E-state index in [9.17, 15) is 0 Å². The topological polar surface area (TPSA) is 9.86 Å². The van der Waals surface area contributed by atoms with Gasteiger partial charge in [0.15, 0.2) is 0 Å². The van der Waals surface area contributed by atoms with Gasteiger partial charge in [-0.2, -0.15) is 0 Å². The van der Waals surface area contributed by atoms with E-state index in [0.717, 1.165) is 12.8 Å². The van der Waals surface area contributed by atoms with E-state index in [2.05, 4.69) is 179 Å². The van der Waals surface area contributed by atoms with Gasteiger partial charge in [-0.1, -0.05) is 123 Å². The molecule has 1 aliphatic rings. The van der Waals surface area contributed by atoms with E-state index in [1.54, 1.807) is 0 Å². The van der Waals surface area contributed by atoms with Gasteiger partial charge in [-0.25, -0.2) is 0 Å². The molecule has 53 heavy (non-hydrogen) atoms. The van der Waals surface area contributed by atoms with Crippen molar-refractivity contribution in [3.05, 3.63) is 174 Å². The van der Waals surface area contributed by atoms with Crippen molar-refractivity contribution in [2.45, 2.75) is 26.7 Å². The van der Waals surface area contributed by atoms with Crippen LogP contribution in [0.15, 0.2) is 164 Å². The van der Waals surface area contributed by atoms with E-state index < -0.39 is 0 Å². The first-order chi connectivity index (χ1) is 26.3. The minimum Gasteiger partial charge on any atom is -0.309 e. The summed E-state index contributed by atoms with van der Waals surface area (Å²) in [6.07, 6.45) is 6.93. The number of rotatable bonds is 4. The van der Waals surface area contributed by atoms with Gasteiger partial charge in [-0.15, -0.1) is 11.3 Å². The van der Waals surface area contributed by atoms with Gasteiger partial charge in [0.05, 0.1) is 22.1 Å². The zero-order valence-electron chi connectivity index (χ0n) is 29.9. The van der Waals surface area contributed by atoms with Crippen LogP contribution in [0.25, 0.3) is 93.4 Å². The highest BCUT2D eigenvalue weighted by molar-refractivity contribution is 7.19. The average Bonchev–Trinajstić information content (AvgIpc) is 3.89. The fraction of sp³-hybridized carbons (Fsp3) is 0.0800. The maximum Gasteiger partial charge on any atom is 0.0547 e. The minimum atomic E-state index is 1.14.